The van der Waals surface area contributed by atoms with Gasteiger partial charge < -0.3 is 11.1 Å². The number of hydrogen-bond donors (Lipinski definition) is 2. The standard InChI is InChI=1S/C14H10BrCl2FN2O/c15-8-1-2-12(18)7(3-8)6-20-14(21)10-4-9(19)5-11(16)13(10)17/h1-5H,6,19H2,(H,20,21). The topological polar surface area (TPSA) is 55.1 Å². The van der Waals surface area contributed by atoms with Crippen LogP contribution in [0, 0.1) is 5.82 Å². The van der Waals surface area contributed by atoms with E-state index in [9.17, 15) is 9.18 Å². The van der Waals surface area contributed by atoms with Crippen LogP contribution in [0.25, 0.3) is 0 Å². The molecule has 21 heavy (non-hydrogen) atoms. The average Bonchev–Trinajstić information content (AvgIpc) is 2.43. The maximum Gasteiger partial charge on any atom is 0.253 e. The number of benzene rings is 2. The first kappa shape index (κ1) is 16.1. The number of hydrogen-bond acceptors (Lipinski definition) is 2. The van der Waals surface area contributed by atoms with Crippen molar-refractivity contribution in [1.82, 2.24) is 5.32 Å². The minimum absolute atomic E-state index is 0.0207. The van der Waals surface area contributed by atoms with E-state index in [-0.39, 0.29) is 22.2 Å². The summed E-state index contributed by atoms with van der Waals surface area (Å²) in [5, 5.41) is 2.88. The van der Waals surface area contributed by atoms with Gasteiger partial charge in [0.1, 0.15) is 5.82 Å². The SMILES string of the molecule is Nc1cc(Cl)c(Cl)c(C(=O)NCc2cc(Br)ccc2F)c1. The van der Waals surface area contributed by atoms with Crippen molar-refractivity contribution in [2.24, 2.45) is 0 Å². The molecule has 7 heteroatoms. The van der Waals surface area contributed by atoms with Crippen molar-refractivity contribution in [3.63, 3.8) is 0 Å². The number of nitrogen functional groups attached to an aromatic ring is 1. The summed E-state index contributed by atoms with van der Waals surface area (Å²) in [6, 6.07) is 7.35. The molecule has 0 radical (unpaired) electrons. The molecule has 0 aliphatic carbocycles. The predicted octanol–water partition coefficient (Wildman–Crippen LogP) is 4.41. The monoisotopic (exact) mass is 390 g/mol. The van der Waals surface area contributed by atoms with Crippen LogP contribution in [0.2, 0.25) is 10.0 Å². The van der Waals surface area contributed by atoms with Gasteiger partial charge in [0.2, 0.25) is 0 Å². The lowest BCUT2D eigenvalue weighted by atomic mass is 10.1. The highest BCUT2D eigenvalue weighted by atomic mass is 79.9. The molecule has 0 bridgehead atoms. The van der Waals surface area contributed by atoms with Crippen LogP contribution >= 0.6 is 39.1 Å². The Morgan fingerprint density at radius 2 is 2.00 bits per heavy atom. The second-order valence-electron chi connectivity index (χ2n) is 4.28. The number of anilines is 1. The van der Waals surface area contributed by atoms with Gasteiger partial charge in [0.05, 0.1) is 15.6 Å². The molecule has 2 aromatic rings. The molecule has 0 unspecified atom stereocenters. The fourth-order valence-corrected chi connectivity index (χ4v) is 2.56. The Balaban J connectivity index is 2.17. The quantitative estimate of drug-likeness (QED) is 0.761. The highest BCUT2D eigenvalue weighted by Gasteiger charge is 2.14. The smallest absolute Gasteiger partial charge is 0.253 e. The van der Waals surface area contributed by atoms with E-state index in [1.807, 2.05) is 0 Å². The van der Waals surface area contributed by atoms with Gasteiger partial charge in [-0.25, -0.2) is 4.39 Å². The number of nitrogens with two attached hydrogens (primary N) is 1. The van der Waals surface area contributed by atoms with E-state index in [2.05, 4.69) is 21.2 Å². The summed E-state index contributed by atoms with van der Waals surface area (Å²) in [5.74, 6) is -0.885. The molecule has 0 saturated heterocycles. The number of carbonyl (C=O) groups excluding carboxylic acids is 1. The number of nitrogens with one attached hydrogen (secondary N) is 1. The molecule has 0 saturated carbocycles. The van der Waals surface area contributed by atoms with Gasteiger partial charge >= 0.3 is 0 Å². The predicted molar refractivity (Wildman–Crippen MR) is 86.1 cm³/mol. The van der Waals surface area contributed by atoms with Gasteiger partial charge in [-0.2, -0.15) is 0 Å². The van der Waals surface area contributed by atoms with E-state index >= 15 is 0 Å². The van der Waals surface area contributed by atoms with E-state index in [1.54, 1.807) is 12.1 Å². The Hall–Kier alpha value is -1.30. The van der Waals surface area contributed by atoms with Crippen molar-refractivity contribution < 1.29 is 9.18 Å². The van der Waals surface area contributed by atoms with Crippen LogP contribution < -0.4 is 11.1 Å². The first-order chi connectivity index (χ1) is 9.88. The van der Waals surface area contributed by atoms with Crippen LogP contribution in [0.5, 0.6) is 0 Å². The summed E-state index contributed by atoms with van der Waals surface area (Å²) < 4.78 is 14.3. The summed E-state index contributed by atoms with van der Waals surface area (Å²) in [5.41, 5.74) is 6.45. The Morgan fingerprint density at radius 3 is 2.71 bits per heavy atom. The molecule has 0 fully saturated rings. The van der Waals surface area contributed by atoms with E-state index in [0.717, 1.165) is 4.47 Å². The summed E-state index contributed by atoms with van der Waals surface area (Å²) in [6.07, 6.45) is 0. The maximum atomic E-state index is 13.6. The Bertz CT molecular complexity index is 710. The molecule has 3 nitrogen and oxygen atoms in total. The number of amides is 1. The molecule has 0 aliphatic rings. The van der Waals surface area contributed by atoms with Crippen LogP contribution in [0.3, 0.4) is 0 Å². The zero-order valence-corrected chi connectivity index (χ0v) is 13.7. The molecule has 3 N–H and O–H groups in total. The molecule has 0 heterocycles. The molecular weight excluding hydrogens is 382 g/mol. The molecule has 0 spiro atoms. The van der Waals surface area contributed by atoms with E-state index in [1.165, 1.54) is 18.2 Å². The second kappa shape index (κ2) is 6.64. The van der Waals surface area contributed by atoms with Crippen LogP contribution in [0.4, 0.5) is 10.1 Å². The Labute approximate surface area is 139 Å². The summed E-state index contributed by atoms with van der Waals surface area (Å²) in [7, 11) is 0. The Kier molecular flexibility index (Phi) is 5.08. The van der Waals surface area contributed by atoms with Crippen molar-refractivity contribution in [3.05, 3.63) is 61.8 Å². The number of rotatable bonds is 3. The third kappa shape index (κ3) is 3.87. The second-order valence-corrected chi connectivity index (χ2v) is 5.98. The molecular formula is C14H10BrCl2FN2O. The lowest BCUT2D eigenvalue weighted by Crippen LogP contribution is -2.24. The molecule has 0 atom stereocenters. The molecule has 0 aromatic heterocycles. The average molecular weight is 392 g/mol. The maximum absolute atomic E-state index is 13.6. The van der Waals surface area contributed by atoms with Crippen LogP contribution in [0.1, 0.15) is 15.9 Å². The van der Waals surface area contributed by atoms with Gasteiger partial charge in [0.25, 0.3) is 5.91 Å². The van der Waals surface area contributed by atoms with Crippen molar-refractivity contribution in [2.45, 2.75) is 6.54 Å². The van der Waals surface area contributed by atoms with Crippen LogP contribution in [-0.4, -0.2) is 5.91 Å². The first-order valence-electron chi connectivity index (χ1n) is 5.85. The third-order valence-corrected chi connectivity index (χ3v) is 4.04. The lowest BCUT2D eigenvalue weighted by Gasteiger charge is -2.10. The normalized spacial score (nSPS) is 10.5. The van der Waals surface area contributed by atoms with Crippen LogP contribution in [0.15, 0.2) is 34.8 Å². The van der Waals surface area contributed by atoms with Crippen molar-refractivity contribution in [3.8, 4) is 0 Å². The van der Waals surface area contributed by atoms with Gasteiger partial charge in [-0.05, 0) is 30.3 Å². The third-order valence-electron chi connectivity index (χ3n) is 2.74. The fourth-order valence-electron chi connectivity index (χ4n) is 1.72. The lowest BCUT2D eigenvalue weighted by molar-refractivity contribution is 0.0951. The molecule has 2 aromatic carbocycles. The molecule has 110 valence electrons. The highest BCUT2D eigenvalue weighted by Crippen LogP contribution is 2.28. The zero-order valence-electron chi connectivity index (χ0n) is 10.6. The number of carbonyl (C=O) groups is 1. The van der Waals surface area contributed by atoms with Crippen molar-refractivity contribution in [2.75, 3.05) is 5.73 Å². The van der Waals surface area contributed by atoms with Gasteiger partial charge in [-0.1, -0.05) is 39.1 Å². The summed E-state index contributed by atoms with van der Waals surface area (Å²) >= 11 is 15.1. The van der Waals surface area contributed by atoms with Gasteiger partial charge in [0.15, 0.2) is 0 Å². The van der Waals surface area contributed by atoms with E-state index < -0.39 is 11.7 Å². The first-order valence-corrected chi connectivity index (χ1v) is 7.40. The summed E-state index contributed by atoms with van der Waals surface area (Å²) in [6.45, 7) is 0.0207. The molecule has 2 rings (SSSR count). The van der Waals surface area contributed by atoms with Gasteiger partial charge in [0, 0.05) is 22.3 Å². The minimum atomic E-state index is -0.478. The van der Waals surface area contributed by atoms with E-state index in [0.29, 0.717) is 11.3 Å². The largest absolute Gasteiger partial charge is 0.399 e. The molecule has 0 aliphatic heterocycles. The highest BCUT2D eigenvalue weighted by molar-refractivity contribution is 9.10. The zero-order chi connectivity index (χ0) is 15.6. The molecule has 1 amide bonds. The van der Waals surface area contributed by atoms with E-state index in [4.69, 9.17) is 28.9 Å². The fraction of sp³-hybridized carbons (Fsp3) is 0.0714. The Morgan fingerprint density at radius 1 is 1.29 bits per heavy atom. The van der Waals surface area contributed by atoms with Crippen molar-refractivity contribution >= 4 is 50.7 Å². The van der Waals surface area contributed by atoms with Gasteiger partial charge in [-0.3, -0.25) is 4.79 Å². The van der Waals surface area contributed by atoms with Crippen molar-refractivity contribution in [1.29, 1.82) is 0 Å². The minimum Gasteiger partial charge on any atom is -0.399 e. The van der Waals surface area contributed by atoms with Gasteiger partial charge in [-0.15, -0.1) is 0 Å². The summed E-state index contributed by atoms with van der Waals surface area (Å²) in [4.78, 5) is 12.1. The van der Waals surface area contributed by atoms with Crippen LogP contribution in [-0.2, 0) is 6.54 Å². The number of halogens is 4.